The van der Waals surface area contributed by atoms with Gasteiger partial charge in [-0.15, -0.1) is 22.7 Å². The zero-order chi connectivity index (χ0) is 20.1. The van der Waals surface area contributed by atoms with E-state index in [0.29, 0.717) is 17.9 Å². The highest BCUT2D eigenvalue weighted by molar-refractivity contribution is 7.10. The summed E-state index contributed by atoms with van der Waals surface area (Å²) in [4.78, 5) is 18.3. The van der Waals surface area contributed by atoms with Crippen molar-refractivity contribution in [2.75, 3.05) is 0 Å². The number of rotatable bonds is 7. The summed E-state index contributed by atoms with van der Waals surface area (Å²) < 4.78 is 5.76. The molecule has 0 aliphatic carbocycles. The number of amides is 1. The molecule has 0 aliphatic rings. The van der Waals surface area contributed by atoms with Crippen LogP contribution < -0.4 is 10.1 Å². The number of hydrogen-bond donors (Lipinski definition) is 1. The Labute approximate surface area is 177 Å². The van der Waals surface area contributed by atoms with E-state index in [4.69, 9.17) is 4.74 Å². The molecule has 6 heteroatoms. The van der Waals surface area contributed by atoms with Crippen LogP contribution in [0.3, 0.4) is 0 Å². The first-order valence-electron chi connectivity index (χ1n) is 9.22. The molecular weight excluding hydrogens is 400 g/mol. The summed E-state index contributed by atoms with van der Waals surface area (Å²) in [5, 5.41) is 8.19. The number of thiazole rings is 1. The minimum absolute atomic E-state index is 0.117. The van der Waals surface area contributed by atoms with Crippen LogP contribution in [0.15, 0.2) is 77.5 Å². The van der Waals surface area contributed by atoms with E-state index in [1.54, 1.807) is 34.8 Å². The Bertz CT molecular complexity index is 1060. The van der Waals surface area contributed by atoms with E-state index in [9.17, 15) is 4.79 Å². The standard InChI is InChI=1S/C23H20N2O2S2/c1-16-24-19(15-29-16)14-27-20-11-9-18(10-12-20)23(26)25-22(21-8-5-13-28-21)17-6-3-2-4-7-17/h2-13,15,22H,14H2,1H3,(H,25,26). The molecule has 0 aliphatic heterocycles. The Hall–Kier alpha value is -2.96. The molecule has 1 N–H and O–H groups in total. The predicted molar refractivity (Wildman–Crippen MR) is 118 cm³/mol. The number of benzene rings is 2. The second-order valence-corrected chi connectivity index (χ2v) is 8.54. The fourth-order valence-electron chi connectivity index (χ4n) is 2.97. The van der Waals surface area contributed by atoms with E-state index in [-0.39, 0.29) is 11.9 Å². The van der Waals surface area contributed by atoms with E-state index in [1.807, 2.05) is 72.3 Å². The molecule has 4 nitrogen and oxygen atoms in total. The van der Waals surface area contributed by atoms with Crippen molar-refractivity contribution in [3.8, 4) is 5.75 Å². The van der Waals surface area contributed by atoms with Crippen LogP contribution in [0.25, 0.3) is 0 Å². The quantitative estimate of drug-likeness (QED) is 0.423. The number of carbonyl (C=O) groups is 1. The second-order valence-electron chi connectivity index (χ2n) is 6.50. The van der Waals surface area contributed by atoms with Gasteiger partial charge in [-0.3, -0.25) is 4.79 Å². The summed E-state index contributed by atoms with van der Waals surface area (Å²) in [7, 11) is 0. The van der Waals surface area contributed by atoms with Crippen LogP contribution in [0.2, 0.25) is 0 Å². The van der Waals surface area contributed by atoms with Crippen LogP contribution in [0, 0.1) is 6.92 Å². The second kappa shape index (κ2) is 9.03. The van der Waals surface area contributed by atoms with Crippen molar-refractivity contribution in [2.24, 2.45) is 0 Å². The van der Waals surface area contributed by atoms with Gasteiger partial charge in [0.1, 0.15) is 12.4 Å². The molecular formula is C23H20N2O2S2. The Balaban J connectivity index is 1.44. The van der Waals surface area contributed by atoms with Gasteiger partial charge in [-0.05, 0) is 48.2 Å². The average Bonchev–Trinajstić information content (AvgIpc) is 3.43. The molecule has 0 spiro atoms. The molecule has 1 atom stereocenters. The fraction of sp³-hybridized carbons (Fsp3) is 0.130. The molecule has 0 bridgehead atoms. The Morgan fingerprint density at radius 3 is 2.48 bits per heavy atom. The molecule has 4 aromatic rings. The minimum atomic E-state index is -0.174. The van der Waals surface area contributed by atoms with Gasteiger partial charge in [0.2, 0.25) is 0 Å². The molecule has 2 aromatic carbocycles. The third kappa shape index (κ3) is 4.91. The van der Waals surface area contributed by atoms with Gasteiger partial charge in [0.15, 0.2) is 0 Å². The maximum Gasteiger partial charge on any atom is 0.252 e. The molecule has 0 radical (unpaired) electrons. The first-order valence-corrected chi connectivity index (χ1v) is 11.0. The summed E-state index contributed by atoms with van der Waals surface area (Å²) in [5.41, 5.74) is 2.57. The monoisotopic (exact) mass is 420 g/mol. The molecule has 146 valence electrons. The smallest absolute Gasteiger partial charge is 0.252 e. The van der Waals surface area contributed by atoms with Gasteiger partial charge in [-0.25, -0.2) is 4.98 Å². The van der Waals surface area contributed by atoms with E-state index in [2.05, 4.69) is 10.3 Å². The lowest BCUT2D eigenvalue weighted by atomic mass is 10.0. The molecule has 1 unspecified atom stereocenters. The molecule has 0 saturated heterocycles. The van der Waals surface area contributed by atoms with Gasteiger partial charge in [0, 0.05) is 15.8 Å². The first kappa shape index (κ1) is 19.4. The lowest BCUT2D eigenvalue weighted by Gasteiger charge is -2.18. The summed E-state index contributed by atoms with van der Waals surface area (Å²) in [6.07, 6.45) is 0. The van der Waals surface area contributed by atoms with Gasteiger partial charge in [0.05, 0.1) is 16.7 Å². The largest absolute Gasteiger partial charge is 0.487 e. The molecule has 29 heavy (non-hydrogen) atoms. The van der Waals surface area contributed by atoms with Crippen LogP contribution >= 0.6 is 22.7 Å². The van der Waals surface area contributed by atoms with Gasteiger partial charge >= 0.3 is 0 Å². The van der Waals surface area contributed by atoms with Crippen LogP contribution in [-0.2, 0) is 6.61 Å². The van der Waals surface area contributed by atoms with Crippen LogP contribution in [-0.4, -0.2) is 10.9 Å². The first-order chi connectivity index (χ1) is 14.2. The van der Waals surface area contributed by atoms with E-state index in [1.165, 1.54) is 0 Å². The Kier molecular flexibility index (Phi) is 6.03. The summed E-state index contributed by atoms with van der Waals surface area (Å²) in [5.74, 6) is 0.596. The van der Waals surface area contributed by atoms with Crippen molar-refractivity contribution < 1.29 is 9.53 Å². The third-order valence-corrected chi connectivity index (χ3v) is 6.17. The maximum absolute atomic E-state index is 12.9. The van der Waals surface area contributed by atoms with E-state index < -0.39 is 0 Å². The van der Waals surface area contributed by atoms with E-state index in [0.717, 1.165) is 21.1 Å². The average molecular weight is 421 g/mol. The molecule has 4 rings (SSSR count). The number of hydrogen-bond acceptors (Lipinski definition) is 5. The zero-order valence-electron chi connectivity index (χ0n) is 15.9. The molecule has 2 aromatic heterocycles. The molecule has 1 amide bonds. The Morgan fingerprint density at radius 1 is 1.03 bits per heavy atom. The summed E-state index contributed by atoms with van der Waals surface area (Å²) in [6.45, 7) is 2.39. The predicted octanol–water partition coefficient (Wildman–Crippen LogP) is 5.61. The number of ether oxygens (including phenoxy) is 1. The van der Waals surface area contributed by atoms with Gasteiger partial charge in [-0.2, -0.15) is 0 Å². The lowest BCUT2D eigenvalue weighted by Crippen LogP contribution is -2.28. The van der Waals surface area contributed by atoms with Crippen molar-refractivity contribution in [2.45, 2.75) is 19.6 Å². The van der Waals surface area contributed by atoms with Gasteiger partial charge < -0.3 is 10.1 Å². The normalized spacial score (nSPS) is 11.8. The van der Waals surface area contributed by atoms with Crippen LogP contribution in [0.4, 0.5) is 0 Å². The molecule has 0 fully saturated rings. The maximum atomic E-state index is 12.9. The molecule has 2 heterocycles. The Morgan fingerprint density at radius 2 is 1.83 bits per heavy atom. The van der Waals surface area contributed by atoms with Crippen molar-refractivity contribution >= 4 is 28.6 Å². The topological polar surface area (TPSA) is 51.2 Å². The fourth-order valence-corrected chi connectivity index (χ4v) is 4.37. The van der Waals surface area contributed by atoms with Crippen LogP contribution in [0.1, 0.15) is 37.5 Å². The lowest BCUT2D eigenvalue weighted by molar-refractivity contribution is 0.0943. The zero-order valence-corrected chi connectivity index (χ0v) is 17.5. The minimum Gasteiger partial charge on any atom is -0.487 e. The highest BCUT2D eigenvalue weighted by Crippen LogP contribution is 2.26. The van der Waals surface area contributed by atoms with Crippen LogP contribution in [0.5, 0.6) is 5.75 Å². The number of nitrogens with one attached hydrogen (secondary N) is 1. The highest BCUT2D eigenvalue weighted by Gasteiger charge is 2.18. The van der Waals surface area contributed by atoms with Crippen molar-refractivity contribution in [3.05, 3.63) is 104 Å². The van der Waals surface area contributed by atoms with Gasteiger partial charge in [0.25, 0.3) is 5.91 Å². The number of nitrogens with zero attached hydrogens (tertiary/aromatic N) is 1. The summed E-state index contributed by atoms with van der Waals surface area (Å²) in [6, 6.07) is 21.1. The number of thiophene rings is 1. The molecule has 0 saturated carbocycles. The number of aryl methyl sites for hydroxylation is 1. The van der Waals surface area contributed by atoms with Crippen molar-refractivity contribution in [1.29, 1.82) is 0 Å². The highest BCUT2D eigenvalue weighted by atomic mass is 32.1. The number of carbonyl (C=O) groups excluding carboxylic acids is 1. The van der Waals surface area contributed by atoms with Crippen molar-refractivity contribution in [1.82, 2.24) is 10.3 Å². The summed E-state index contributed by atoms with van der Waals surface area (Å²) >= 11 is 3.24. The number of aromatic nitrogens is 1. The van der Waals surface area contributed by atoms with E-state index >= 15 is 0 Å². The van der Waals surface area contributed by atoms with Gasteiger partial charge in [-0.1, -0.05) is 36.4 Å². The van der Waals surface area contributed by atoms with Crippen molar-refractivity contribution in [3.63, 3.8) is 0 Å². The third-order valence-electron chi connectivity index (χ3n) is 4.41. The SMILES string of the molecule is Cc1nc(COc2ccc(C(=O)NC(c3ccccc3)c3cccs3)cc2)cs1.